The van der Waals surface area contributed by atoms with Crippen molar-refractivity contribution in [1.82, 2.24) is 0 Å². The van der Waals surface area contributed by atoms with Crippen LogP contribution in [0.5, 0.6) is 23.0 Å². The fourth-order valence-corrected chi connectivity index (χ4v) is 5.89. The Kier molecular flexibility index (Phi) is 11.7. The van der Waals surface area contributed by atoms with Gasteiger partial charge in [0.1, 0.15) is 17.1 Å². The number of benzene rings is 2. The number of ether oxygens (including phenoxy) is 5. The monoisotopic (exact) mass is 604 g/mol. The molecule has 0 spiro atoms. The van der Waals surface area contributed by atoms with E-state index in [1.165, 1.54) is 16.7 Å². The van der Waals surface area contributed by atoms with Crippen molar-refractivity contribution in [3.8, 4) is 23.0 Å². The highest BCUT2D eigenvalue weighted by molar-refractivity contribution is 5.83. The van der Waals surface area contributed by atoms with Crippen LogP contribution in [0.2, 0.25) is 0 Å². The SMILES string of the molecule is COc1ccc(C2OCC(=CCC/C(C)=C/CC/C(C)=C/CCC3(C)CCc4c(C=O)c(O)cc(C)c4O3)CO2)cc1OC. The summed E-state index contributed by atoms with van der Waals surface area (Å²) in [5.74, 6) is 2.15. The van der Waals surface area contributed by atoms with E-state index in [0.717, 1.165) is 80.1 Å². The highest BCUT2D eigenvalue weighted by atomic mass is 16.7. The van der Waals surface area contributed by atoms with Gasteiger partial charge in [-0.1, -0.05) is 35.4 Å². The third-order valence-electron chi connectivity index (χ3n) is 8.65. The van der Waals surface area contributed by atoms with E-state index in [9.17, 15) is 9.90 Å². The van der Waals surface area contributed by atoms with Gasteiger partial charge < -0.3 is 28.8 Å². The van der Waals surface area contributed by atoms with Crippen LogP contribution in [-0.2, 0) is 15.9 Å². The Balaban J connectivity index is 1.16. The minimum Gasteiger partial charge on any atom is -0.507 e. The minimum absolute atomic E-state index is 0.0399. The maximum Gasteiger partial charge on any atom is 0.184 e. The summed E-state index contributed by atoms with van der Waals surface area (Å²) >= 11 is 0. The highest BCUT2D eigenvalue weighted by Gasteiger charge is 2.33. The van der Waals surface area contributed by atoms with Crippen molar-refractivity contribution >= 4 is 6.29 Å². The predicted molar refractivity (Wildman–Crippen MR) is 173 cm³/mol. The van der Waals surface area contributed by atoms with Crippen molar-refractivity contribution in [3.05, 3.63) is 81.5 Å². The van der Waals surface area contributed by atoms with Crippen molar-refractivity contribution in [1.29, 1.82) is 0 Å². The molecule has 2 aliphatic rings. The fourth-order valence-electron chi connectivity index (χ4n) is 5.89. The number of aromatic hydroxyl groups is 1. The fraction of sp³-hybridized carbons (Fsp3) is 0.486. The molecule has 1 N–H and O–H groups in total. The van der Waals surface area contributed by atoms with Gasteiger partial charge in [0.15, 0.2) is 24.1 Å². The molecule has 1 saturated heterocycles. The first kappa shape index (κ1) is 33.3. The molecule has 0 saturated carbocycles. The molecule has 0 aliphatic carbocycles. The summed E-state index contributed by atoms with van der Waals surface area (Å²) in [5.41, 5.74) is 6.66. The van der Waals surface area contributed by atoms with Crippen molar-refractivity contribution < 1.29 is 33.6 Å². The topological polar surface area (TPSA) is 83.5 Å². The summed E-state index contributed by atoms with van der Waals surface area (Å²) in [7, 11) is 3.24. The van der Waals surface area contributed by atoms with Crippen LogP contribution in [0.3, 0.4) is 0 Å². The van der Waals surface area contributed by atoms with Gasteiger partial charge >= 0.3 is 0 Å². The van der Waals surface area contributed by atoms with Gasteiger partial charge in [0, 0.05) is 11.1 Å². The van der Waals surface area contributed by atoms with Gasteiger partial charge in [-0.05, 0) is 108 Å². The average Bonchev–Trinajstić information content (AvgIpc) is 3.01. The molecule has 1 atom stereocenters. The molecule has 0 radical (unpaired) electrons. The zero-order valence-electron chi connectivity index (χ0n) is 27.2. The molecule has 2 aliphatic heterocycles. The van der Waals surface area contributed by atoms with Crippen molar-refractivity contribution in [3.63, 3.8) is 0 Å². The molecule has 2 heterocycles. The third kappa shape index (κ3) is 8.54. The van der Waals surface area contributed by atoms with E-state index in [1.54, 1.807) is 20.3 Å². The van der Waals surface area contributed by atoms with Gasteiger partial charge in [0.05, 0.1) is 33.0 Å². The summed E-state index contributed by atoms with van der Waals surface area (Å²) in [6.45, 7) is 9.60. The molecule has 44 heavy (non-hydrogen) atoms. The quantitative estimate of drug-likeness (QED) is 0.181. The molecule has 0 bridgehead atoms. The lowest BCUT2D eigenvalue weighted by molar-refractivity contribution is -0.161. The van der Waals surface area contributed by atoms with Crippen LogP contribution in [0, 0.1) is 6.92 Å². The summed E-state index contributed by atoms with van der Waals surface area (Å²) in [6.07, 6.45) is 14.7. The lowest BCUT2D eigenvalue weighted by Crippen LogP contribution is -2.36. The van der Waals surface area contributed by atoms with Crippen LogP contribution < -0.4 is 14.2 Å². The van der Waals surface area contributed by atoms with Crippen LogP contribution >= 0.6 is 0 Å². The Morgan fingerprint density at radius 1 is 1.00 bits per heavy atom. The molecule has 4 rings (SSSR count). The van der Waals surface area contributed by atoms with Crippen molar-refractivity contribution in [2.45, 2.75) is 91.0 Å². The Morgan fingerprint density at radius 3 is 2.36 bits per heavy atom. The number of aryl methyl sites for hydroxylation is 1. The van der Waals surface area contributed by atoms with E-state index in [1.807, 2.05) is 25.1 Å². The lowest BCUT2D eigenvalue weighted by Gasteiger charge is -2.37. The zero-order chi connectivity index (χ0) is 31.7. The Morgan fingerprint density at radius 2 is 1.68 bits per heavy atom. The van der Waals surface area contributed by atoms with Crippen LogP contribution in [0.1, 0.15) is 99.1 Å². The number of hydrogen-bond acceptors (Lipinski definition) is 7. The minimum atomic E-state index is -0.407. The molecule has 2 aromatic rings. The number of hydrogen-bond donors (Lipinski definition) is 1. The van der Waals surface area contributed by atoms with Gasteiger partial charge in [-0.3, -0.25) is 4.79 Å². The van der Waals surface area contributed by atoms with E-state index in [0.29, 0.717) is 30.3 Å². The summed E-state index contributed by atoms with van der Waals surface area (Å²) in [6, 6.07) is 7.33. The number of allylic oxidation sites excluding steroid dienone is 5. The molecule has 1 unspecified atom stereocenters. The number of methoxy groups -OCH3 is 2. The first-order chi connectivity index (χ1) is 21.2. The van der Waals surface area contributed by atoms with Gasteiger partial charge in [-0.15, -0.1) is 0 Å². The number of phenolic OH excluding ortho intramolecular Hbond substituents is 1. The van der Waals surface area contributed by atoms with Crippen LogP contribution in [0.15, 0.2) is 59.2 Å². The van der Waals surface area contributed by atoms with E-state index in [-0.39, 0.29) is 11.4 Å². The molecule has 0 amide bonds. The van der Waals surface area contributed by atoms with Crippen molar-refractivity contribution in [2.75, 3.05) is 27.4 Å². The van der Waals surface area contributed by atoms with Gasteiger partial charge in [0.2, 0.25) is 0 Å². The zero-order valence-corrected chi connectivity index (χ0v) is 27.2. The van der Waals surface area contributed by atoms with Crippen LogP contribution in [0.25, 0.3) is 0 Å². The number of carbonyl (C=O) groups is 1. The first-order valence-corrected chi connectivity index (χ1v) is 15.6. The van der Waals surface area contributed by atoms with Crippen LogP contribution in [-0.4, -0.2) is 44.4 Å². The Labute approximate surface area is 262 Å². The predicted octanol–water partition coefficient (Wildman–Crippen LogP) is 8.52. The second kappa shape index (κ2) is 15.4. The Bertz CT molecular complexity index is 1390. The molecular weight excluding hydrogens is 556 g/mol. The maximum atomic E-state index is 11.5. The average molecular weight is 605 g/mol. The number of rotatable bonds is 13. The highest BCUT2D eigenvalue weighted by Crippen LogP contribution is 2.42. The molecule has 1 fully saturated rings. The normalized spacial score (nSPS) is 20.5. The van der Waals surface area contributed by atoms with Gasteiger partial charge in [-0.2, -0.15) is 0 Å². The number of carbonyl (C=O) groups excluding carboxylic acids is 1. The summed E-state index contributed by atoms with van der Waals surface area (Å²) in [5, 5.41) is 10.1. The second-order valence-corrected chi connectivity index (χ2v) is 12.3. The number of phenols is 1. The van der Waals surface area contributed by atoms with Crippen LogP contribution in [0.4, 0.5) is 0 Å². The second-order valence-electron chi connectivity index (χ2n) is 12.3. The molecule has 2 aromatic carbocycles. The molecule has 7 heteroatoms. The van der Waals surface area contributed by atoms with E-state index in [2.05, 4.69) is 39.0 Å². The standard InChI is InChI=1S/C37H48O7/c1-25(12-8-14-28-23-42-36(43-24-28)29-15-16-33(40-5)34(21-29)41-6)10-7-11-26(2)13-9-18-37(4)19-17-30-31(22-38)32(39)20-27(3)35(30)44-37/h10,13-16,20-22,36,39H,7-9,11-12,17-19,23-24H2,1-6H3/b25-10+,26-13+,28-14?. The molecule has 7 nitrogen and oxygen atoms in total. The van der Waals surface area contributed by atoms with E-state index in [4.69, 9.17) is 23.7 Å². The van der Waals surface area contributed by atoms with E-state index < -0.39 is 6.29 Å². The van der Waals surface area contributed by atoms with E-state index >= 15 is 0 Å². The van der Waals surface area contributed by atoms with Gasteiger partial charge in [0.25, 0.3) is 0 Å². The third-order valence-corrected chi connectivity index (χ3v) is 8.65. The Hall–Kier alpha value is -3.55. The summed E-state index contributed by atoms with van der Waals surface area (Å²) < 4.78 is 29.1. The number of aldehydes is 1. The smallest absolute Gasteiger partial charge is 0.184 e. The summed E-state index contributed by atoms with van der Waals surface area (Å²) in [4.78, 5) is 11.5. The molecule has 0 aromatic heterocycles. The van der Waals surface area contributed by atoms with Gasteiger partial charge in [-0.25, -0.2) is 0 Å². The van der Waals surface area contributed by atoms with Crippen molar-refractivity contribution in [2.24, 2.45) is 0 Å². The molecular formula is C37H48O7. The molecule has 238 valence electrons. The first-order valence-electron chi connectivity index (χ1n) is 15.6. The largest absolute Gasteiger partial charge is 0.507 e. The number of fused-ring (bicyclic) bond motifs is 1. The lowest BCUT2D eigenvalue weighted by atomic mass is 9.86. The maximum absolute atomic E-state index is 11.5.